The van der Waals surface area contributed by atoms with Gasteiger partial charge in [-0.25, -0.2) is 0 Å². The zero-order valence-corrected chi connectivity index (χ0v) is 13.1. The van der Waals surface area contributed by atoms with Gasteiger partial charge in [-0.15, -0.1) is 11.2 Å². The Morgan fingerprint density at radius 1 is 1.21 bits per heavy atom. The number of hydrogen-bond donors (Lipinski definition) is 2. The van der Waals surface area contributed by atoms with Crippen LogP contribution in [-0.4, -0.2) is 22.6 Å². The zero-order valence-electron chi connectivity index (χ0n) is 12.2. The molecule has 0 amide bonds. The van der Waals surface area contributed by atoms with Gasteiger partial charge in [0.2, 0.25) is 0 Å². The van der Waals surface area contributed by atoms with E-state index in [4.69, 9.17) is 4.18 Å². The normalized spacial score (nSPS) is 11.3. The van der Waals surface area contributed by atoms with Crippen LogP contribution in [0.2, 0.25) is 0 Å². The summed E-state index contributed by atoms with van der Waals surface area (Å²) < 4.78 is 5.43. The van der Waals surface area contributed by atoms with Gasteiger partial charge in [0, 0.05) is 11.5 Å². The van der Waals surface area contributed by atoms with Crippen molar-refractivity contribution in [2.24, 2.45) is 0 Å². The van der Waals surface area contributed by atoms with E-state index in [0.717, 1.165) is 28.2 Å². The van der Waals surface area contributed by atoms with Gasteiger partial charge in [-0.05, 0) is 37.0 Å². The first-order valence-corrected chi connectivity index (χ1v) is 8.35. The molecule has 3 nitrogen and oxygen atoms in total. The summed E-state index contributed by atoms with van der Waals surface area (Å²) in [7, 11) is 0. The van der Waals surface area contributed by atoms with E-state index in [0.29, 0.717) is 18.6 Å². The molecule has 1 aromatic rings. The molecule has 0 aliphatic rings. The van der Waals surface area contributed by atoms with Crippen LogP contribution in [-0.2, 0) is 15.4 Å². The Kier molecular flexibility index (Phi) is 6.22. The Hall–Kier alpha value is -1.16. The molecule has 1 aromatic carbocycles. The van der Waals surface area contributed by atoms with Crippen molar-refractivity contribution in [3.05, 3.63) is 28.8 Å². The number of hydrogen-bond acceptors (Lipinski definition) is 3. The quantitative estimate of drug-likeness (QED) is 0.787. The van der Waals surface area contributed by atoms with Crippen molar-refractivity contribution in [3.8, 4) is 5.75 Å². The summed E-state index contributed by atoms with van der Waals surface area (Å²) in [6.45, 7) is 7.85. The number of phenolic OH excluding ortho intramolecular Hbond substituents is 1. The van der Waals surface area contributed by atoms with Crippen LogP contribution in [0, 0.1) is 13.8 Å². The van der Waals surface area contributed by atoms with Gasteiger partial charge in [-0.1, -0.05) is 26.0 Å². The SMILES string of the molecule is CC[SH](CC)OC(=O)CCc1cc(C)c(O)c(C)c1. The fraction of sp³-hybridized carbons (Fsp3) is 0.533. The van der Waals surface area contributed by atoms with Gasteiger partial charge >= 0.3 is 5.97 Å². The Morgan fingerprint density at radius 2 is 1.74 bits per heavy atom. The van der Waals surface area contributed by atoms with E-state index in [2.05, 4.69) is 13.8 Å². The van der Waals surface area contributed by atoms with Gasteiger partial charge in [-0.3, -0.25) is 4.79 Å². The summed E-state index contributed by atoms with van der Waals surface area (Å²) >= 11 is -0.583. The van der Waals surface area contributed by atoms with Gasteiger partial charge in [-0.2, -0.15) is 0 Å². The van der Waals surface area contributed by atoms with E-state index in [1.165, 1.54) is 0 Å². The van der Waals surface area contributed by atoms with E-state index in [1.807, 2.05) is 26.0 Å². The van der Waals surface area contributed by atoms with Crippen molar-refractivity contribution < 1.29 is 14.1 Å². The molecule has 108 valence electrons. The molecule has 0 aliphatic carbocycles. The Morgan fingerprint density at radius 3 is 2.21 bits per heavy atom. The number of rotatable bonds is 6. The molecule has 1 N–H and O–H groups in total. The number of aromatic hydroxyl groups is 1. The van der Waals surface area contributed by atoms with Crippen LogP contribution in [0.25, 0.3) is 0 Å². The maximum absolute atomic E-state index is 11.7. The lowest BCUT2D eigenvalue weighted by molar-refractivity contribution is -0.133. The molecule has 0 aliphatic heterocycles. The first kappa shape index (κ1) is 15.9. The summed E-state index contributed by atoms with van der Waals surface area (Å²) in [6.07, 6.45) is 1.07. The van der Waals surface area contributed by atoms with Crippen LogP contribution < -0.4 is 0 Å². The zero-order chi connectivity index (χ0) is 14.4. The second-order valence-electron chi connectivity index (χ2n) is 4.66. The molecule has 1 rings (SSSR count). The van der Waals surface area contributed by atoms with Gasteiger partial charge in [0.05, 0.1) is 6.42 Å². The molecule has 0 bridgehead atoms. The van der Waals surface area contributed by atoms with Crippen LogP contribution in [0.1, 0.15) is 37.0 Å². The van der Waals surface area contributed by atoms with E-state index >= 15 is 0 Å². The van der Waals surface area contributed by atoms with Crippen LogP contribution in [0.5, 0.6) is 5.75 Å². The number of carbonyl (C=O) groups is 1. The third-order valence-electron chi connectivity index (χ3n) is 3.10. The van der Waals surface area contributed by atoms with Crippen molar-refractivity contribution in [1.82, 2.24) is 0 Å². The molecule has 0 aromatic heterocycles. The highest BCUT2D eigenvalue weighted by atomic mass is 32.2. The molecule has 0 unspecified atom stereocenters. The standard InChI is InChI=1S/C15H24O3S/c1-5-19(6-2)18-14(16)8-7-13-9-11(3)15(17)12(4)10-13/h9-10,17,19H,5-8H2,1-4H3. The molecular formula is C15H24O3S. The summed E-state index contributed by atoms with van der Waals surface area (Å²) in [5.41, 5.74) is 2.78. The number of thiol groups is 1. The Bertz CT molecular complexity index is 416. The molecule has 0 radical (unpaired) electrons. The first-order valence-electron chi connectivity index (χ1n) is 6.72. The predicted octanol–water partition coefficient (Wildman–Crippen LogP) is 3.44. The largest absolute Gasteiger partial charge is 0.507 e. The minimum Gasteiger partial charge on any atom is -0.507 e. The third-order valence-corrected chi connectivity index (χ3v) is 4.98. The van der Waals surface area contributed by atoms with Gasteiger partial charge < -0.3 is 9.29 Å². The molecule has 0 heterocycles. The summed E-state index contributed by atoms with van der Waals surface area (Å²) in [4.78, 5) is 11.7. The number of carbonyl (C=O) groups excluding carboxylic acids is 1. The second kappa shape index (κ2) is 7.43. The van der Waals surface area contributed by atoms with Crippen molar-refractivity contribution in [3.63, 3.8) is 0 Å². The maximum atomic E-state index is 11.7. The average molecular weight is 284 g/mol. The molecule has 4 heteroatoms. The molecule has 0 atom stereocenters. The summed E-state index contributed by atoms with van der Waals surface area (Å²) in [5, 5.41) is 9.70. The number of aryl methyl sites for hydroxylation is 3. The minimum absolute atomic E-state index is 0.113. The Labute approximate surface area is 118 Å². The van der Waals surface area contributed by atoms with Gasteiger partial charge in [0.25, 0.3) is 0 Å². The topological polar surface area (TPSA) is 46.5 Å². The van der Waals surface area contributed by atoms with Crippen molar-refractivity contribution in [2.45, 2.75) is 40.5 Å². The molecule has 0 fully saturated rings. The summed E-state index contributed by atoms with van der Waals surface area (Å²) in [6, 6.07) is 3.86. The molecular weight excluding hydrogens is 260 g/mol. The molecule has 0 saturated heterocycles. The minimum atomic E-state index is -0.583. The maximum Gasteiger partial charge on any atom is 0.316 e. The smallest absolute Gasteiger partial charge is 0.316 e. The number of benzene rings is 1. The van der Waals surface area contributed by atoms with Crippen LogP contribution in [0.4, 0.5) is 0 Å². The van der Waals surface area contributed by atoms with Gasteiger partial charge in [0.15, 0.2) is 0 Å². The molecule has 19 heavy (non-hydrogen) atoms. The summed E-state index contributed by atoms with van der Waals surface area (Å²) in [5.74, 6) is 2.08. The van der Waals surface area contributed by atoms with Crippen LogP contribution >= 0.6 is 11.2 Å². The van der Waals surface area contributed by atoms with Crippen molar-refractivity contribution in [1.29, 1.82) is 0 Å². The van der Waals surface area contributed by atoms with E-state index < -0.39 is 11.2 Å². The van der Waals surface area contributed by atoms with E-state index in [1.54, 1.807) is 0 Å². The average Bonchev–Trinajstić information content (AvgIpc) is 2.39. The lowest BCUT2D eigenvalue weighted by Gasteiger charge is -2.17. The van der Waals surface area contributed by atoms with E-state index in [9.17, 15) is 9.90 Å². The lowest BCUT2D eigenvalue weighted by Crippen LogP contribution is -2.06. The van der Waals surface area contributed by atoms with Gasteiger partial charge in [0.1, 0.15) is 5.75 Å². The van der Waals surface area contributed by atoms with Crippen LogP contribution in [0.15, 0.2) is 12.1 Å². The molecule has 0 saturated carbocycles. The fourth-order valence-corrected chi connectivity index (χ4v) is 3.06. The predicted molar refractivity (Wildman–Crippen MR) is 82.1 cm³/mol. The monoisotopic (exact) mass is 284 g/mol. The van der Waals surface area contributed by atoms with Crippen molar-refractivity contribution in [2.75, 3.05) is 11.5 Å². The van der Waals surface area contributed by atoms with Crippen LogP contribution in [0.3, 0.4) is 0 Å². The highest BCUT2D eigenvalue weighted by molar-refractivity contribution is 8.13. The highest BCUT2D eigenvalue weighted by Gasteiger charge is 2.09. The third kappa shape index (κ3) is 4.78. The fourth-order valence-electron chi connectivity index (χ4n) is 1.98. The van der Waals surface area contributed by atoms with E-state index in [-0.39, 0.29) is 5.97 Å². The Balaban J connectivity index is 2.55. The number of phenols is 1. The second-order valence-corrected chi connectivity index (χ2v) is 7.07. The molecule has 0 spiro atoms. The highest BCUT2D eigenvalue weighted by Crippen LogP contribution is 2.27. The lowest BCUT2D eigenvalue weighted by atomic mass is 10.0. The first-order chi connectivity index (χ1) is 8.97. The van der Waals surface area contributed by atoms with Crippen molar-refractivity contribution >= 4 is 17.1 Å².